The molecule has 0 spiro atoms. The predicted molar refractivity (Wildman–Crippen MR) is 98.7 cm³/mol. The Balaban J connectivity index is 1.94. The van der Waals surface area contributed by atoms with E-state index in [9.17, 15) is 19.2 Å². The number of hydrogen-bond donors (Lipinski definition) is 2. The quantitative estimate of drug-likeness (QED) is 0.654. The molecule has 9 heteroatoms. The predicted octanol–water partition coefficient (Wildman–Crippen LogP) is 0.568. The van der Waals surface area contributed by atoms with Gasteiger partial charge in [-0.05, 0) is 18.4 Å². The topological polar surface area (TPSA) is 128 Å². The molecule has 1 aromatic rings. The van der Waals surface area contributed by atoms with Crippen LogP contribution in [0.4, 0.5) is 4.79 Å². The number of methoxy groups -OCH3 is 1. The fourth-order valence-corrected chi connectivity index (χ4v) is 2.96. The van der Waals surface area contributed by atoms with Gasteiger partial charge in [-0.3, -0.25) is 14.4 Å². The van der Waals surface area contributed by atoms with Crippen molar-refractivity contribution >= 4 is 23.9 Å². The van der Waals surface area contributed by atoms with E-state index in [4.69, 9.17) is 10.5 Å². The molecule has 152 valence electrons. The fraction of sp³-hybridized carbons (Fsp3) is 0.474. The van der Waals surface area contributed by atoms with Crippen LogP contribution in [0.5, 0.6) is 0 Å². The SMILES string of the molecule is COC(=O)CC(NC(=O)OCc1ccccc1)C(=O)N1CCC(C(N)=O)CC1. The summed E-state index contributed by atoms with van der Waals surface area (Å²) in [5.41, 5.74) is 6.10. The van der Waals surface area contributed by atoms with Crippen molar-refractivity contribution in [2.45, 2.75) is 31.9 Å². The van der Waals surface area contributed by atoms with Crippen LogP contribution >= 0.6 is 0 Å². The molecule has 0 saturated carbocycles. The van der Waals surface area contributed by atoms with Crippen molar-refractivity contribution in [2.24, 2.45) is 11.7 Å². The smallest absolute Gasteiger partial charge is 0.408 e. The summed E-state index contributed by atoms with van der Waals surface area (Å²) in [6.07, 6.45) is -0.223. The van der Waals surface area contributed by atoms with Gasteiger partial charge in [-0.15, -0.1) is 0 Å². The monoisotopic (exact) mass is 391 g/mol. The first-order chi connectivity index (χ1) is 13.4. The molecule has 0 aromatic heterocycles. The Labute approximate surface area is 163 Å². The van der Waals surface area contributed by atoms with E-state index in [1.807, 2.05) is 18.2 Å². The van der Waals surface area contributed by atoms with Crippen LogP contribution in [0.25, 0.3) is 0 Å². The minimum absolute atomic E-state index is 0.0375. The van der Waals surface area contributed by atoms with Crippen molar-refractivity contribution in [2.75, 3.05) is 20.2 Å². The molecule has 1 unspecified atom stereocenters. The zero-order chi connectivity index (χ0) is 20.5. The number of carbonyl (C=O) groups excluding carboxylic acids is 4. The van der Waals surface area contributed by atoms with Crippen LogP contribution in [0.1, 0.15) is 24.8 Å². The van der Waals surface area contributed by atoms with Gasteiger partial charge >= 0.3 is 12.1 Å². The third-order valence-electron chi connectivity index (χ3n) is 4.61. The van der Waals surface area contributed by atoms with Gasteiger partial charge in [0.05, 0.1) is 13.5 Å². The van der Waals surface area contributed by atoms with Crippen LogP contribution in [-0.4, -0.2) is 55.0 Å². The lowest BCUT2D eigenvalue weighted by Gasteiger charge is -2.33. The Morgan fingerprint density at radius 3 is 2.39 bits per heavy atom. The maximum Gasteiger partial charge on any atom is 0.408 e. The van der Waals surface area contributed by atoms with Crippen molar-refractivity contribution in [3.8, 4) is 0 Å². The average Bonchev–Trinajstić information content (AvgIpc) is 2.72. The van der Waals surface area contributed by atoms with E-state index in [0.717, 1.165) is 5.56 Å². The number of benzene rings is 1. The third kappa shape index (κ3) is 6.26. The molecule has 9 nitrogen and oxygen atoms in total. The number of hydrogen-bond acceptors (Lipinski definition) is 6. The number of likely N-dealkylation sites (tertiary alicyclic amines) is 1. The molecule has 1 aliphatic heterocycles. The largest absolute Gasteiger partial charge is 0.469 e. The van der Waals surface area contributed by atoms with Gasteiger partial charge in [0, 0.05) is 19.0 Å². The standard InChI is InChI=1S/C19H25N3O6/c1-27-16(23)11-15(18(25)22-9-7-14(8-10-22)17(20)24)21-19(26)28-12-13-5-3-2-4-6-13/h2-6,14-15H,7-12H2,1H3,(H2,20,24)(H,21,26). The van der Waals surface area contributed by atoms with Crippen molar-refractivity contribution < 1.29 is 28.7 Å². The Morgan fingerprint density at radius 2 is 1.82 bits per heavy atom. The zero-order valence-corrected chi connectivity index (χ0v) is 15.8. The van der Waals surface area contributed by atoms with Crippen LogP contribution in [0.2, 0.25) is 0 Å². The number of rotatable bonds is 7. The number of amides is 3. The summed E-state index contributed by atoms with van der Waals surface area (Å²) < 4.78 is 9.74. The molecule has 0 radical (unpaired) electrons. The van der Waals surface area contributed by atoms with E-state index in [1.165, 1.54) is 12.0 Å². The molecule has 1 heterocycles. The van der Waals surface area contributed by atoms with Gasteiger partial charge in [-0.25, -0.2) is 4.79 Å². The van der Waals surface area contributed by atoms with Crippen LogP contribution in [0, 0.1) is 5.92 Å². The van der Waals surface area contributed by atoms with Crippen LogP contribution in [0.15, 0.2) is 30.3 Å². The molecule has 3 N–H and O–H groups in total. The Hall–Kier alpha value is -3.10. The third-order valence-corrected chi connectivity index (χ3v) is 4.61. The summed E-state index contributed by atoms with van der Waals surface area (Å²) >= 11 is 0. The van der Waals surface area contributed by atoms with Gasteiger partial charge in [-0.2, -0.15) is 0 Å². The highest BCUT2D eigenvalue weighted by molar-refractivity contribution is 5.89. The molecule has 1 aromatic carbocycles. The second-order valence-electron chi connectivity index (χ2n) is 6.54. The molecule has 2 rings (SSSR count). The van der Waals surface area contributed by atoms with E-state index < -0.39 is 24.0 Å². The maximum absolute atomic E-state index is 12.8. The molecule has 1 aliphatic rings. The normalized spacial score (nSPS) is 15.4. The minimum atomic E-state index is -1.11. The molecular formula is C19H25N3O6. The first-order valence-electron chi connectivity index (χ1n) is 9.02. The molecular weight excluding hydrogens is 366 g/mol. The first-order valence-corrected chi connectivity index (χ1v) is 9.02. The van der Waals surface area contributed by atoms with E-state index in [-0.39, 0.29) is 24.9 Å². The molecule has 28 heavy (non-hydrogen) atoms. The molecule has 0 bridgehead atoms. The number of primary amides is 1. The summed E-state index contributed by atoms with van der Waals surface area (Å²) in [4.78, 5) is 49.3. The molecule has 0 aliphatic carbocycles. The average molecular weight is 391 g/mol. The maximum atomic E-state index is 12.8. The Bertz CT molecular complexity index is 701. The summed E-state index contributed by atoms with van der Waals surface area (Å²) in [6.45, 7) is 0.686. The van der Waals surface area contributed by atoms with Gasteiger partial charge in [-0.1, -0.05) is 30.3 Å². The number of nitrogens with two attached hydrogens (primary N) is 1. The van der Waals surface area contributed by atoms with Crippen molar-refractivity contribution in [3.63, 3.8) is 0 Å². The summed E-state index contributed by atoms with van der Waals surface area (Å²) in [5.74, 6) is -1.72. The van der Waals surface area contributed by atoms with Gasteiger partial charge < -0.3 is 25.4 Å². The number of ether oxygens (including phenoxy) is 2. The zero-order valence-electron chi connectivity index (χ0n) is 15.8. The van der Waals surface area contributed by atoms with E-state index in [1.54, 1.807) is 12.1 Å². The number of alkyl carbamates (subject to hydrolysis) is 1. The number of nitrogens with zero attached hydrogens (tertiary/aromatic N) is 1. The van der Waals surface area contributed by atoms with Crippen molar-refractivity contribution in [3.05, 3.63) is 35.9 Å². The Kier molecular flexibility index (Phi) is 7.79. The van der Waals surface area contributed by atoms with Gasteiger partial charge in [0.15, 0.2) is 0 Å². The van der Waals surface area contributed by atoms with Crippen LogP contribution < -0.4 is 11.1 Å². The Morgan fingerprint density at radius 1 is 1.18 bits per heavy atom. The highest BCUT2D eigenvalue weighted by Gasteiger charge is 2.32. The van der Waals surface area contributed by atoms with E-state index in [2.05, 4.69) is 10.1 Å². The van der Waals surface area contributed by atoms with E-state index >= 15 is 0 Å². The van der Waals surface area contributed by atoms with Crippen molar-refractivity contribution in [1.82, 2.24) is 10.2 Å². The second-order valence-corrected chi connectivity index (χ2v) is 6.54. The number of nitrogens with one attached hydrogen (secondary N) is 1. The van der Waals surface area contributed by atoms with Gasteiger partial charge in [0.25, 0.3) is 0 Å². The van der Waals surface area contributed by atoms with Crippen LogP contribution in [-0.2, 0) is 30.5 Å². The lowest BCUT2D eigenvalue weighted by molar-refractivity contribution is -0.145. The summed E-state index contributed by atoms with van der Waals surface area (Å²) in [7, 11) is 1.20. The van der Waals surface area contributed by atoms with Crippen LogP contribution in [0.3, 0.4) is 0 Å². The number of piperidine rings is 1. The molecule has 1 fully saturated rings. The van der Waals surface area contributed by atoms with Gasteiger partial charge in [0.1, 0.15) is 12.6 Å². The first kappa shape index (κ1) is 21.2. The van der Waals surface area contributed by atoms with Gasteiger partial charge in [0.2, 0.25) is 11.8 Å². The lowest BCUT2D eigenvalue weighted by Crippen LogP contribution is -2.52. The highest BCUT2D eigenvalue weighted by Crippen LogP contribution is 2.18. The minimum Gasteiger partial charge on any atom is -0.469 e. The molecule has 1 atom stereocenters. The summed E-state index contributed by atoms with van der Waals surface area (Å²) in [5, 5.41) is 2.44. The molecule has 1 saturated heterocycles. The van der Waals surface area contributed by atoms with Crippen molar-refractivity contribution in [1.29, 1.82) is 0 Å². The number of carbonyl (C=O) groups is 4. The lowest BCUT2D eigenvalue weighted by atomic mass is 9.95. The second kappa shape index (κ2) is 10.3. The van der Waals surface area contributed by atoms with E-state index in [0.29, 0.717) is 25.9 Å². The molecule has 3 amide bonds. The number of esters is 1. The summed E-state index contributed by atoms with van der Waals surface area (Å²) in [6, 6.07) is 7.96. The highest BCUT2D eigenvalue weighted by atomic mass is 16.5. The fourth-order valence-electron chi connectivity index (χ4n) is 2.96.